The van der Waals surface area contributed by atoms with Crippen molar-refractivity contribution in [3.05, 3.63) is 77.7 Å². The molecule has 5 rings (SSSR count). The summed E-state index contributed by atoms with van der Waals surface area (Å²) >= 11 is 0. The van der Waals surface area contributed by atoms with Crippen molar-refractivity contribution >= 4 is 16.6 Å². The molecule has 0 aliphatic heterocycles. The number of aromatic amines is 1. The van der Waals surface area contributed by atoms with Crippen molar-refractivity contribution in [2.75, 3.05) is 0 Å². The molecule has 0 saturated heterocycles. The van der Waals surface area contributed by atoms with E-state index in [1.54, 1.807) is 6.20 Å². The smallest absolute Gasteiger partial charge is 0.139 e. The highest BCUT2D eigenvalue weighted by Gasteiger charge is 2.24. The van der Waals surface area contributed by atoms with Gasteiger partial charge in [0.1, 0.15) is 5.82 Å². The maximum Gasteiger partial charge on any atom is 0.139 e. The van der Waals surface area contributed by atoms with Crippen LogP contribution < -0.4 is 0 Å². The predicted octanol–water partition coefficient (Wildman–Crippen LogP) is 4.45. The second-order valence-corrected chi connectivity index (χ2v) is 6.00. The number of hydrogen-bond donors (Lipinski definition) is 1. The highest BCUT2D eigenvalue weighted by Crippen LogP contribution is 2.41. The number of aromatic nitrogens is 3. The largest absolute Gasteiger partial charge is 0.337 e. The van der Waals surface area contributed by atoms with Crippen LogP contribution in [-0.2, 0) is 6.42 Å². The third-order valence-corrected chi connectivity index (χ3v) is 4.62. The van der Waals surface area contributed by atoms with Crippen molar-refractivity contribution < 1.29 is 0 Å². The average molecular weight is 297 g/mol. The van der Waals surface area contributed by atoms with Crippen LogP contribution in [0.25, 0.3) is 28.0 Å². The normalized spacial score (nSPS) is 15.8. The second kappa shape index (κ2) is 4.78. The molecule has 0 spiro atoms. The Kier molecular flexibility index (Phi) is 2.62. The number of rotatable bonds is 1. The first-order valence-electron chi connectivity index (χ1n) is 7.88. The maximum absolute atomic E-state index is 4.76. The molecular formula is C20H15N3. The van der Waals surface area contributed by atoms with Gasteiger partial charge in [-0.3, -0.25) is 4.98 Å². The lowest BCUT2D eigenvalue weighted by Crippen LogP contribution is -1.91. The van der Waals surface area contributed by atoms with Crippen LogP contribution >= 0.6 is 0 Å². The zero-order valence-electron chi connectivity index (χ0n) is 12.6. The Morgan fingerprint density at radius 3 is 3.04 bits per heavy atom. The number of nitrogens with one attached hydrogen (secondary N) is 1. The lowest BCUT2D eigenvalue weighted by atomic mass is 9.98. The molecule has 3 heteroatoms. The summed E-state index contributed by atoms with van der Waals surface area (Å²) in [7, 11) is 0. The molecule has 110 valence electrons. The molecule has 3 nitrogen and oxygen atoms in total. The number of hydrogen-bond acceptors (Lipinski definition) is 2. The van der Waals surface area contributed by atoms with E-state index in [0.29, 0.717) is 0 Å². The summed E-state index contributed by atoms with van der Waals surface area (Å²) < 4.78 is 0. The van der Waals surface area contributed by atoms with Gasteiger partial charge in [0.05, 0.1) is 17.2 Å². The van der Waals surface area contributed by atoms with Crippen LogP contribution in [0.15, 0.2) is 66.5 Å². The first-order valence-corrected chi connectivity index (χ1v) is 7.88. The molecule has 3 aromatic rings. The van der Waals surface area contributed by atoms with Crippen LogP contribution in [0.3, 0.4) is 0 Å². The van der Waals surface area contributed by atoms with Crippen molar-refractivity contribution in [1.82, 2.24) is 15.0 Å². The minimum absolute atomic E-state index is 0.921. The van der Waals surface area contributed by atoms with E-state index in [1.165, 1.54) is 27.8 Å². The topological polar surface area (TPSA) is 41.6 Å². The number of fused-ring (bicyclic) bond motifs is 3. The SMILES string of the molecule is C1=CCC2=C(C=C1)c1c(cccc1-c1nc3ccncc3[nH]1)C2. The van der Waals surface area contributed by atoms with Crippen molar-refractivity contribution in [2.45, 2.75) is 12.8 Å². The molecule has 0 atom stereocenters. The molecule has 0 radical (unpaired) electrons. The van der Waals surface area contributed by atoms with Gasteiger partial charge in [0, 0.05) is 11.8 Å². The van der Waals surface area contributed by atoms with E-state index in [2.05, 4.69) is 52.5 Å². The first-order chi connectivity index (χ1) is 11.4. The van der Waals surface area contributed by atoms with Gasteiger partial charge in [-0.1, -0.05) is 48.1 Å². The van der Waals surface area contributed by atoms with E-state index in [0.717, 1.165) is 29.7 Å². The van der Waals surface area contributed by atoms with E-state index in [1.807, 2.05) is 12.3 Å². The summed E-state index contributed by atoms with van der Waals surface area (Å²) in [4.78, 5) is 12.4. The number of imidazole rings is 1. The molecule has 23 heavy (non-hydrogen) atoms. The molecule has 0 bridgehead atoms. The quantitative estimate of drug-likeness (QED) is 0.721. The Labute approximate surface area is 134 Å². The van der Waals surface area contributed by atoms with Crippen LogP contribution in [-0.4, -0.2) is 15.0 Å². The minimum Gasteiger partial charge on any atom is -0.337 e. The van der Waals surface area contributed by atoms with Crippen LogP contribution in [0.5, 0.6) is 0 Å². The van der Waals surface area contributed by atoms with Gasteiger partial charge in [-0.15, -0.1) is 0 Å². The predicted molar refractivity (Wildman–Crippen MR) is 92.8 cm³/mol. The molecule has 0 fully saturated rings. The van der Waals surface area contributed by atoms with Crippen molar-refractivity contribution in [3.63, 3.8) is 0 Å². The zero-order valence-corrected chi connectivity index (χ0v) is 12.6. The van der Waals surface area contributed by atoms with Crippen LogP contribution in [0.2, 0.25) is 0 Å². The van der Waals surface area contributed by atoms with E-state index in [9.17, 15) is 0 Å². The summed E-state index contributed by atoms with van der Waals surface area (Å²) in [6.07, 6.45) is 14.4. The standard InChI is InChI=1S/C20H15N3/c1-2-5-13-11-14-6-4-8-16(19(14)15(13)7-3-1)20-22-17-9-10-21-12-18(17)23-20/h1-4,6-10,12H,5,11H2,(H,22,23). The van der Waals surface area contributed by atoms with Gasteiger partial charge in [-0.25, -0.2) is 4.98 Å². The van der Waals surface area contributed by atoms with Crippen molar-refractivity contribution in [1.29, 1.82) is 0 Å². The Hall–Kier alpha value is -2.94. The van der Waals surface area contributed by atoms with E-state index in [-0.39, 0.29) is 0 Å². The van der Waals surface area contributed by atoms with Gasteiger partial charge in [-0.05, 0) is 35.6 Å². The Balaban J connectivity index is 1.74. The van der Waals surface area contributed by atoms with Gasteiger partial charge < -0.3 is 4.98 Å². The van der Waals surface area contributed by atoms with Crippen LogP contribution in [0.1, 0.15) is 17.5 Å². The molecule has 1 aromatic carbocycles. The molecular weight excluding hydrogens is 282 g/mol. The van der Waals surface area contributed by atoms with Gasteiger partial charge >= 0.3 is 0 Å². The number of pyridine rings is 1. The van der Waals surface area contributed by atoms with Gasteiger partial charge in [0.25, 0.3) is 0 Å². The molecule has 0 saturated carbocycles. The first kappa shape index (κ1) is 12.6. The van der Waals surface area contributed by atoms with Crippen LogP contribution in [0, 0.1) is 0 Å². The van der Waals surface area contributed by atoms with E-state index >= 15 is 0 Å². The molecule has 2 aliphatic carbocycles. The van der Waals surface area contributed by atoms with Gasteiger partial charge in [0.2, 0.25) is 0 Å². The van der Waals surface area contributed by atoms with E-state index in [4.69, 9.17) is 4.98 Å². The number of allylic oxidation sites excluding steroid dienone is 6. The molecule has 2 aliphatic rings. The fourth-order valence-corrected chi connectivity index (χ4v) is 3.57. The molecule has 2 aromatic heterocycles. The second-order valence-electron chi connectivity index (χ2n) is 6.00. The lowest BCUT2D eigenvalue weighted by molar-refractivity contribution is 1.11. The molecule has 1 N–H and O–H groups in total. The Morgan fingerprint density at radius 1 is 1.09 bits per heavy atom. The lowest BCUT2D eigenvalue weighted by Gasteiger charge is -2.08. The maximum atomic E-state index is 4.76. The average Bonchev–Trinajstić information content (AvgIpc) is 3.09. The summed E-state index contributed by atoms with van der Waals surface area (Å²) in [5.41, 5.74) is 8.69. The summed E-state index contributed by atoms with van der Waals surface area (Å²) in [6.45, 7) is 0. The Bertz CT molecular complexity index is 985. The molecule has 0 amide bonds. The van der Waals surface area contributed by atoms with Crippen molar-refractivity contribution in [2.24, 2.45) is 0 Å². The third kappa shape index (κ3) is 1.90. The monoisotopic (exact) mass is 297 g/mol. The number of H-pyrrole nitrogens is 1. The van der Waals surface area contributed by atoms with E-state index < -0.39 is 0 Å². The number of nitrogens with zero attached hydrogens (tertiary/aromatic N) is 2. The summed E-state index contributed by atoms with van der Waals surface area (Å²) in [5, 5.41) is 0. The molecule has 2 heterocycles. The zero-order chi connectivity index (χ0) is 15.2. The Morgan fingerprint density at radius 2 is 2.09 bits per heavy atom. The van der Waals surface area contributed by atoms with Gasteiger partial charge in [-0.2, -0.15) is 0 Å². The highest BCUT2D eigenvalue weighted by molar-refractivity contribution is 5.92. The van der Waals surface area contributed by atoms with Crippen molar-refractivity contribution in [3.8, 4) is 11.4 Å². The van der Waals surface area contributed by atoms with Gasteiger partial charge in [0.15, 0.2) is 0 Å². The minimum atomic E-state index is 0.921. The summed E-state index contributed by atoms with van der Waals surface area (Å²) in [6, 6.07) is 8.46. The highest BCUT2D eigenvalue weighted by atomic mass is 14.9. The van der Waals surface area contributed by atoms with Crippen LogP contribution in [0.4, 0.5) is 0 Å². The fourth-order valence-electron chi connectivity index (χ4n) is 3.57. The summed E-state index contributed by atoms with van der Waals surface area (Å²) in [5.74, 6) is 0.921. The fraction of sp³-hybridized carbons (Fsp3) is 0.100. The molecule has 0 unspecified atom stereocenters. The number of benzene rings is 1. The third-order valence-electron chi connectivity index (χ3n) is 4.62.